The summed E-state index contributed by atoms with van der Waals surface area (Å²) in [7, 11) is 0.744. The van der Waals surface area contributed by atoms with Crippen LogP contribution in [0.3, 0.4) is 0 Å². The number of nitrogens with zero attached hydrogens (tertiary/aromatic N) is 2. The average Bonchev–Trinajstić information content (AvgIpc) is 2.72. The van der Waals surface area contributed by atoms with Gasteiger partial charge in [0.2, 0.25) is 0 Å². The molecule has 2 aromatic rings. The molecule has 96 valence electrons. The first-order chi connectivity index (χ1) is 8.56. The number of hydrogen-bond acceptors (Lipinski definition) is 3. The van der Waals surface area contributed by atoms with Crippen molar-refractivity contribution < 1.29 is 4.21 Å². The molecular formula is C12H14ClN3OS. The van der Waals surface area contributed by atoms with Crippen molar-refractivity contribution in [1.82, 2.24) is 9.78 Å². The van der Waals surface area contributed by atoms with Crippen LogP contribution in [0.5, 0.6) is 0 Å². The van der Waals surface area contributed by atoms with Gasteiger partial charge in [0.05, 0.1) is 21.9 Å². The summed E-state index contributed by atoms with van der Waals surface area (Å²) in [6.07, 6.45) is 4.41. The van der Waals surface area contributed by atoms with Gasteiger partial charge in [-0.05, 0) is 30.2 Å². The molecule has 4 nitrogen and oxygen atoms in total. The minimum atomic E-state index is -1.12. The van der Waals surface area contributed by atoms with E-state index in [1.165, 1.54) is 0 Å². The average molecular weight is 284 g/mol. The number of halogens is 1. The quantitative estimate of drug-likeness (QED) is 0.873. The highest BCUT2D eigenvalue weighted by molar-refractivity contribution is 7.85. The van der Waals surface area contributed by atoms with Crippen molar-refractivity contribution in [3.05, 3.63) is 41.2 Å². The van der Waals surface area contributed by atoms with Gasteiger partial charge < -0.3 is 5.73 Å². The van der Waals surface area contributed by atoms with Crippen molar-refractivity contribution in [2.24, 2.45) is 7.05 Å². The van der Waals surface area contributed by atoms with Crippen LogP contribution in [0.1, 0.15) is 5.56 Å². The lowest BCUT2D eigenvalue weighted by Gasteiger charge is -2.05. The zero-order valence-corrected chi connectivity index (χ0v) is 11.5. The highest BCUT2D eigenvalue weighted by atomic mass is 35.5. The maximum Gasteiger partial charge on any atom is 0.0618 e. The number of anilines is 1. The lowest BCUT2D eigenvalue weighted by molar-refractivity contribution is 0.682. The van der Waals surface area contributed by atoms with E-state index in [2.05, 4.69) is 5.10 Å². The molecule has 0 bridgehead atoms. The van der Waals surface area contributed by atoms with Gasteiger partial charge >= 0.3 is 0 Å². The molecule has 18 heavy (non-hydrogen) atoms. The molecular weight excluding hydrogens is 270 g/mol. The first kappa shape index (κ1) is 13.1. The third kappa shape index (κ3) is 3.11. The fourth-order valence-corrected chi connectivity index (χ4v) is 3.01. The van der Waals surface area contributed by atoms with Crippen molar-refractivity contribution in [1.29, 1.82) is 0 Å². The van der Waals surface area contributed by atoms with E-state index in [-0.39, 0.29) is 0 Å². The Morgan fingerprint density at radius 2 is 2.28 bits per heavy atom. The summed E-state index contributed by atoms with van der Waals surface area (Å²) >= 11 is 5.81. The Morgan fingerprint density at radius 1 is 1.50 bits per heavy atom. The lowest BCUT2D eigenvalue weighted by atomic mass is 10.3. The zero-order chi connectivity index (χ0) is 13.1. The van der Waals surface area contributed by atoms with E-state index >= 15 is 0 Å². The van der Waals surface area contributed by atoms with Crippen molar-refractivity contribution in [2.45, 2.75) is 11.3 Å². The summed E-state index contributed by atoms with van der Waals surface area (Å²) in [6.45, 7) is 0. The van der Waals surface area contributed by atoms with Gasteiger partial charge in [-0.2, -0.15) is 5.10 Å². The SMILES string of the molecule is Cn1cc(CCS(=O)c2ccc(Cl)cc2N)cn1. The number of rotatable bonds is 4. The Kier molecular flexibility index (Phi) is 4.04. The zero-order valence-electron chi connectivity index (χ0n) is 9.97. The maximum absolute atomic E-state index is 12.1. The van der Waals surface area contributed by atoms with Crippen LogP contribution in [0.25, 0.3) is 0 Å². The molecule has 1 atom stereocenters. The number of aryl methyl sites for hydroxylation is 2. The van der Waals surface area contributed by atoms with Gasteiger partial charge in [0.25, 0.3) is 0 Å². The molecule has 0 aliphatic carbocycles. The number of aromatic nitrogens is 2. The molecule has 0 radical (unpaired) electrons. The minimum Gasteiger partial charge on any atom is -0.398 e. The maximum atomic E-state index is 12.1. The fraction of sp³-hybridized carbons (Fsp3) is 0.250. The molecule has 2 rings (SSSR count). The summed E-state index contributed by atoms with van der Waals surface area (Å²) in [5.74, 6) is 0.525. The molecule has 1 aromatic heterocycles. The summed E-state index contributed by atoms with van der Waals surface area (Å²) in [5.41, 5.74) is 7.35. The van der Waals surface area contributed by atoms with E-state index in [4.69, 9.17) is 17.3 Å². The minimum absolute atomic E-state index is 0.479. The van der Waals surface area contributed by atoms with Gasteiger partial charge in [-0.25, -0.2) is 0 Å². The number of hydrogen-bond donors (Lipinski definition) is 1. The van der Waals surface area contributed by atoms with E-state index < -0.39 is 10.8 Å². The van der Waals surface area contributed by atoms with Gasteiger partial charge in [-0.1, -0.05) is 11.6 Å². The molecule has 0 aliphatic heterocycles. The van der Waals surface area contributed by atoms with Crippen molar-refractivity contribution in [3.8, 4) is 0 Å². The first-order valence-electron chi connectivity index (χ1n) is 5.47. The predicted octanol–water partition coefficient (Wildman–Crippen LogP) is 2.01. The number of benzene rings is 1. The van der Waals surface area contributed by atoms with Crippen molar-refractivity contribution in [2.75, 3.05) is 11.5 Å². The van der Waals surface area contributed by atoms with E-state index in [1.807, 2.05) is 13.2 Å². The molecule has 0 spiro atoms. The largest absolute Gasteiger partial charge is 0.398 e. The highest BCUT2D eigenvalue weighted by Gasteiger charge is 2.09. The molecule has 0 aliphatic rings. The second-order valence-corrected chi connectivity index (χ2v) is 5.98. The Hall–Kier alpha value is -1.33. The topological polar surface area (TPSA) is 60.9 Å². The van der Waals surface area contributed by atoms with Crippen LogP contribution in [-0.2, 0) is 24.3 Å². The van der Waals surface area contributed by atoms with Crippen LogP contribution in [-0.4, -0.2) is 19.7 Å². The van der Waals surface area contributed by atoms with Gasteiger partial charge in [0.15, 0.2) is 0 Å². The molecule has 0 amide bonds. The second-order valence-electron chi connectivity index (χ2n) is 4.00. The fourth-order valence-electron chi connectivity index (χ4n) is 1.65. The van der Waals surface area contributed by atoms with Crippen molar-refractivity contribution >= 4 is 28.1 Å². The molecule has 1 heterocycles. The highest BCUT2D eigenvalue weighted by Crippen LogP contribution is 2.21. The molecule has 1 unspecified atom stereocenters. The summed E-state index contributed by atoms with van der Waals surface area (Å²) in [6, 6.07) is 5.05. The first-order valence-corrected chi connectivity index (χ1v) is 7.17. The molecule has 0 saturated heterocycles. The van der Waals surface area contributed by atoms with E-state index in [9.17, 15) is 4.21 Å². The van der Waals surface area contributed by atoms with Crippen LogP contribution in [0.4, 0.5) is 5.69 Å². The third-order valence-electron chi connectivity index (χ3n) is 2.55. The van der Waals surface area contributed by atoms with E-state index in [0.29, 0.717) is 27.8 Å². The van der Waals surface area contributed by atoms with E-state index in [1.54, 1.807) is 29.1 Å². The number of nitrogens with two attached hydrogens (primary N) is 1. The Bertz CT molecular complexity index is 582. The smallest absolute Gasteiger partial charge is 0.0618 e. The molecule has 2 N–H and O–H groups in total. The van der Waals surface area contributed by atoms with Crippen LogP contribution < -0.4 is 5.73 Å². The summed E-state index contributed by atoms with van der Waals surface area (Å²) in [5, 5.41) is 4.63. The molecule has 1 aromatic carbocycles. The normalized spacial score (nSPS) is 12.6. The monoisotopic (exact) mass is 283 g/mol. The van der Waals surface area contributed by atoms with E-state index in [0.717, 1.165) is 5.56 Å². The van der Waals surface area contributed by atoms with Crippen LogP contribution >= 0.6 is 11.6 Å². The lowest BCUT2D eigenvalue weighted by Crippen LogP contribution is -2.04. The van der Waals surface area contributed by atoms with Crippen LogP contribution in [0.15, 0.2) is 35.5 Å². The molecule has 6 heteroatoms. The van der Waals surface area contributed by atoms with Gasteiger partial charge in [-0.3, -0.25) is 8.89 Å². The standard InChI is InChI=1S/C12H14ClN3OS/c1-16-8-9(7-15-16)4-5-18(17)12-3-2-10(13)6-11(12)14/h2-3,6-8H,4-5,14H2,1H3. The van der Waals surface area contributed by atoms with Crippen LogP contribution in [0, 0.1) is 0 Å². The Labute approximate surface area is 113 Å². The van der Waals surface area contributed by atoms with Gasteiger partial charge in [-0.15, -0.1) is 0 Å². The summed E-state index contributed by atoms with van der Waals surface area (Å²) < 4.78 is 13.8. The Balaban J connectivity index is 2.03. The summed E-state index contributed by atoms with van der Waals surface area (Å²) in [4.78, 5) is 0.642. The van der Waals surface area contributed by atoms with Gasteiger partial charge in [0.1, 0.15) is 0 Å². The van der Waals surface area contributed by atoms with Gasteiger partial charge in [0, 0.05) is 29.7 Å². The molecule has 0 fully saturated rings. The Morgan fingerprint density at radius 3 is 2.89 bits per heavy atom. The molecule has 0 saturated carbocycles. The van der Waals surface area contributed by atoms with Crippen molar-refractivity contribution in [3.63, 3.8) is 0 Å². The predicted molar refractivity (Wildman–Crippen MR) is 74.1 cm³/mol. The van der Waals surface area contributed by atoms with Crippen LogP contribution in [0.2, 0.25) is 5.02 Å². The number of nitrogen functional groups attached to an aromatic ring is 1. The second kappa shape index (κ2) is 5.54. The third-order valence-corrected chi connectivity index (χ3v) is 4.22.